The summed E-state index contributed by atoms with van der Waals surface area (Å²) < 4.78 is 16.4. The molecule has 0 unspecified atom stereocenters. The summed E-state index contributed by atoms with van der Waals surface area (Å²) in [6, 6.07) is 12.2. The van der Waals surface area contributed by atoms with Crippen LogP contribution >= 0.6 is 24.0 Å². The summed E-state index contributed by atoms with van der Waals surface area (Å²) in [6.45, 7) is -0.185. The minimum absolute atomic E-state index is 0.185. The van der Waals surface area contributed by atoms with Crippen LogP contribution in [-0.4, -0.2) is 37.0 Å². The molecule has 0 aliphatic carbocycles. The van der Waals surface area contributed by atoms with E-state index in [9.17, 15) is 9.59 Å². The second-order valence-electron chi connectivity index (χ2n) is 5.83. The van der Waals surface area contributed by atoms with E-state index in [4.69, 9.17) is 26.4 Å². The topological polar surface area (TPSA) is 85.9 Å². The summed E-state index contributed by atoms with van der Waals surface area (Å²) in [5.74, 6) is 1.03. The molecule has 0 radical (unpaired) electrons. The van der Waals surface area contributed by atoms with Gasteiger partial charge in [0.15, 0.2) is 18.1 Å². The molecule has 9 heteroatoms. The minimum atomic E-state index is -0.309. The maximum atomic E-state index is 12.1. The number of methoxy groups -OCH3 is 2. The van der Waals surface area contributed by atoms with Crippen molar-refractivity contribution in [2.24, 2.45) is 0 Å². The number of amides is 2. The molecule has 1 aliphatic heterocycles. The molecule has 7 nitrogen and oxygen atoms in total. The van der Waals surface area contributed by atoms with Gasteiger partial charge in [0.1, 0.15) is 10.1 Å². The molecule has 0 atom stereocenters. The standard InChI is InChI=1S/C20H18N2O5S2/c1-25-14-6-4-13(5-7-14)21-18(23)11-27-15-8-3-12(9-16(15)26-2)10-17-19(24)22-20(28)29-17/h3-10H,11H2,1-2H3,(H,21,23)(H,22,24,28)/b17-10+. The first-order valence-corrected chi connectivity index (χ1v) is 9.70. The van der Waals surface area contributed by atoms with Crippen LogP contribution in [-0.2, 0) is 9.59 Å². The van der Waals surface area contributed by atoms with Crippen LogP contribution in [0, 0.1) is 0 Å². The third-order valence-corrected chi connectivity index (χ3v) is 5.02. The van der Waals surface area contributed by atoms with Gasteiger partial charge in [-0.25, -0.2) is 0 Å². The zero-order chi connectivity index (χ0) is 20.8. The van der Waals surface area contributed by atoms with Crippen LogP contribution in [0.3, 0.4) is 0 Å². The van der Waals surface area contributed by atoms with Crippen molar-refractivity contribution in [3.05, 3.63) is 52.9 Å². The lowest BCUT2D eigenvalue weighted by Crippen LogP contribution is -2.20. The maximum absolute atomic E-state index is 12.1. The van der Waals surface area contributed by atoms with E-state index in [1.165, 1.54) is 18.9 Å². The molecule has 29 heavy (non-hydrogen) atoms. The molecule has 1 saturated heterocycles. The largest absolute Gasteiger partial charge is 0.497 e. The molecule has 0 aromatic heterocycles. The van der Waals surface area contributed by atoms with Crippen molar-refractivity contribution in [2.75, 3.05) is 26.1 Å². The van der Waals surface area contributed by atoms with Crippen molar-refractivity contribution in [1.82, 2.24) is 5.32 Å². The Hall–Kier alpha value is -3.04. The zero-order valence-corrected chi connectivity index (χ0v) is 17.3. The summed E-state index contributed by atoms with van der Waals surface area (Å²) in [4.78, 5) is 24.4. The fourth-order valence-corrected chi connectivity index (χ4v) is 3.52. The van der Waals surface area contributed by atoms with Crippen molar-refractivity contribution in [3.8, 4) is 17.2 Å². The summed E-state index contributed by atoms with van der Waals surface area (Å²) in [5, 5.41) is 5.31. The molecule has 1 fully saturated rings. The Balaban J connectivity index is 1.63. The molecule has 150 valence electrons. The van der Waals surface area contributed by atoms with Gasteiger partial charge in [-0.2, -0.15) is 0 Å². The Kier molecular flexibility index (Phi) is 6.73. The number of carbonyl (C=O) groups is 2. The number of nitrogens with one attached hydrogen (secondary N) is 2. The van der Waals surface area contributed by atoms with Crippen LogP contribution in [0.25, 0.3) is 6.08 Å². The van der Waals surface area contributed by atoms with E-state index >= 15 is 0 Å². The van der Waals surface area contributed by atoms with Crippen LogP contribution in [0.5, 0.6) is 17.2 Å². The van der Waals surface area contributed by atoms with Crippen LogP contribution in [0.2, 0.25) is 0 Å². The van der Waals surface area contributed by atoms with E-state index in [2.05, 4.69) is 10.6 Å². The predicted octanol–water partition coefficient (Wildman–Crippen LogP) is 3.21. The first kappa shape index (κ1) is 20.7. The lowest BCUT2D eigenvalue weighted by atomic mass is 10.2. The van der Waals surface area contributed by atoms with Gasteiger partial charge in [0.2, 0.25) is 0 Å². The van der Waals surface area contributed by atoms with E-state index < -0.39 is 0 Å². The molecule has 2 aromatic carbocycles. The number of hydrogen-bond acceptors (Lipinski definition) is 7. The Morgan fingerprint density at radius 1 is 1.14 bits per heavy atom. The van der Waals surface area contributed by atoms with E-state index in [1.54, 1.807) is 55.7 Å². The number of hydrogen-bond donors (Lipinski definition) is 2. The van der Waals surface area contributed by atoms with Gasteiger partial charge in [-0.15, -0.1) is 0 Å². The lowest BCUT2D eigenvalue weighted by Gasteiger charge is -2.12. The Labute approximate surface area is 177 Å². The zero-order valence-electron chi connectivity index (χ0n) is 15.7. The lowest BCUT2D eigenvalue weighted by molar-refractivity contribution is -0.118. The smallest absolute Gasteiger partial charge is 0.263 e. The van der Waals surface area contributed by atoms with Gasteiger partial charge in [-0.1, -0.05) is 30.0 Å². The fourth-order valence-electron chi connectivity index (χ4n) is 2.48. The van der Waals surface area contributed by atoms with Crippen molar-refractivity contribution in [1.29, 1.82) is 0 Å². The third-order valence-electron chi connectivity index (χ3n) is 3.86. The van der Waals surface area contributed by atoms with E-state index in [-0.39, 0.29) is 18.4 Å². The third kappa shape index (κ3) is 5.49. The van der Waals surface area contributed by atoms with Crippen molar-refractivity contribution < 1.29 is 23.8 Å². The van der Waals surface area contributed by atoms with E-state index in [0.29, 0.717) is 32.2 Å². The number of carbonyl (C=O) groups excluding carboxylic acids is 2. The first-order chi connectivity index (χ1) is 14.0. The molecule has 1 heterocycles. The van der Waals surface area contributed by atoms with Crippen molar-refractivity contribution >= 4 is 51.9 Å². The Morgan fingerprint density at radius 3 is 2.52 bits per heavy atom. The quantitative estimate of drug-likeness (QED) is 0.515. The normalized spacial score (nSPS) is 14.5. The molecule has 0 bridgehead atoms. The maximum Gasteiger partial charge on any atom is 0.263 e. The predicted molar refractivity (Wildman–Crippen MR) is 116 cm³/mol. The molecular formula is C20H18N2O5S2. The minimum Gasteiger partial charge on any atom is -0.497 e. The summed E-state index contributed by atoms with van der Waals surface area (Å²) in [5.41, 5.74) is 1.39. The molecule has 1 aliphatic rings. The highest BCUT2D eigenvalue weighted by Crippen LogP contribution is 2.31. The number of thioether (sulfide) groups is 1. The van der Waals surface area contributed by atoms with Crippen molar-refractivity contribution in [3.63, 3.8) is 0 Å². The summed E-state index contributed by atoms with van der Waals surface area (Å²) in [6.07, 6.45) is 1.71. The molecule has 2 N–H and O–H groups in total. The highest BCUT2D eigenvalue weighted by Gasteiger charge is 2.22. The number of ether oxygens (including phenoxy) is 3. The van der Waals surface area contributed by atoms with Crippen LogP contribution < -0.4 is 24.8 Å². The van der Waals surface area contributed by atoms with Gasteiger partial charge in [0.25, 0.3) is 11.8 Å². The Bertz CT molecular complexity index is 973. The van der Waals surface area contributed by atoms with Gasteiger partial charge in [0, 0.05) is 5.69 Å². The monoisotopic (exact) mass is 430 g/mol. The highest BCUT2D eigenvalue weighted by atomic mass is 32.2. The van der Waals surface area contributed by atoms with Gasteiger partial charge in [0.05, 0.1) is 19.1 Å². The van der Waals surface area contributed by atoms with Gasteiger partial charge < -0.3 is 24.8 Å². The summed E-state index contributed by atoms with van der Waals surface area (Å²) >= 11 is 6.18. The van der Waals surface area contributed by atoms with E-state index in [1.807, 2.05) is 0 Å². The second kappa shape index (κ2) is 9.44. The average Bonchev–Trinajstić information content (AvgIpc) is 3.04. The Morgan fingerprint density at radius 2 is 1.90 bits per heavy atom. The van der Waals surface area contributed by atoms with Gasteiger partial charge in [-0.3, -0.25) is 9.59 Å². The second-order valence-corrected chi connectivity index (χ2v) is 7.55. The molecule has 0 saturated carbocycles. The van der Waals surface area contributed by atoms with Crippen LogP contribution in [0.1, 0.15) is 5.56 Å². The average molecular weight is 431 g/mol. The van der Waals surface area contributed by atoms with Crippen LogP contribution in [0.4, 0.5) is 5.69 Å². The fraction of sp³-hybridized carbons (Fsp3) is 0.150. The van der Waals surface area contributed by atoms with Crippen molar-refractivity contribution in [2.45, 2.75) is 0 Å². The SMILES string of the molecule is COc1ccc(NC(=O)COc2ccc(/C=C3/SC(=S)NC3=O)cc2OC)cc1. The van der Waals surface area contributed by atoms with Gasteiger partial charge in [-0.05, 0) is 48.0 Å². The first-order valence-electron chi connectivity index (χ1n) is 8.48. The molecule has 0 spiro atoms. The van der Waals surface area contributed by atoms with Crippen LogP contribution in [0.15, 0.2) is 47.4 Å². The number of anilines is 1. The molecule has 2 amide bonds. The number of benzene rings is 2. The summed E-state index contributed by atoms with van der Waals surface area (Å²) in [7, 11) is 3.08. The molecule has 3 rings (SSSR count). The van der Waals surface area contributed by atoms with E-state index in [0.717, 1.165) is 5.56 Å². The highest BCUT2D eigenvalue weighted by molar-refractivity contribution is 8.26. The number of rotatable bonds is 7. The molecular weight excluding hydrogens is 412 g/mol. The molecule has 2 aromatic rings. The van der Waals surface area contributed by atoms with Gasteiger partial charge >= 0.3 is 0 Å². The number of thiocarbonyl (C=S) groups is 1.